The molecule has 0 saturated heterocycles. The average Bonchev–Trinajstić information content (AvgIpc) is 2.34. The summed E-state index contributed by atoms with van der Waals surface area (Å²) in [6.45, 7) is 0. The van der Waals surface area contributed by atoms with Gasteiger partial charge in [0.25, 0.3) is 0 Å². The fourth-order valence-corrected chi connectivity index (χ4v) is 1.96. The van der Waals surface area contributed by atoms with Gasteiger partial charge in [-0.05, 0) is 30.3 Å². The molecule has 0 atom stereocenters. The van der Waals surface area contributed by atoms with Crippen LogP contribution >= 0.6 is 27.5 Å². The average molecular weight is 316 g/mol. The minimum Gasteiger partial charge on any atom is -0.454 e. The van der Waals surface area contributed by atoms with E-state index in [-0.39, 0.29) is 11.6 Å². The van der Waals surface area contributed by atoms with Gasteiger partial charge in [-0.3, -0.25) is 0 Å². The molecule has 4 heteroatoms. The maximum absolute atomic E-state index is 13.6. The van der Waals surface area contributed by atoms with Crippen LogP contribution in [0, 0.1) is 5.82 Å². The summed E-state index contributed by atoms with van der Waals surface area (Å²) in [5, 5.41) is 1.15. The first-order valence-electron chi connectivity index (χ1n) is 4.97. The molecule has 0 spiro atoms. The Hall–Kier alpha value is -1.06. The zero-order valence-corrected chi connectivity index (χ0v) is 11.1. The summed E-state index contributed by atoms with van der Waals surface area (Å²) in [6, 6.07) is 11.6. The first-order valence-corrected chi connectivity index (χ1v) is 6.47. The lowest BCUT2D eigenvalue weighted by atomic mass is 10.2. The Balaban J connectivity index is 2.32. The molecule has 2 rings (SSSR count). The monoisotopic (exact) mass is 314 g/mol. The lowest BCUT2D eigenvalue weighted by molar-refractivity contribution is 0.438. The van der Waals surface area contributed by atoms with Gasteiger partial charge in [0, 0.05) is 15.9 Å². The number of para-hydroxylation sites is 1. The van der Waals surface area contributed by atoms with Crippen LogP contribution in [0.4, 0.5) is 4.39 Å². The van der Waals surface area contributed by atoms with Crippen LogP contribution in [0.1, 0.15) is 5.56 Å². The molecule has 0 aliphatic heterocycles. The van der Waals surface area contributed by atoms with E-state index >= 15 is 0 Å². The molecule has 17 heavy (non-hydrogen) atoms. The van der Waals surface area contributed by atoms with Crippen molar-refractivity contribution in [3.8, 4) is 11.5 Å². The van der Waals surface area contributed by atoms with Crippen molar-refractivity contribution < 1.29 is 9.13 Å². The van der Waals surface area contributed by atoms with Crippen molar-refractivity contribution in [2.75, 3.05) is 0 Å². The predicted octanol–water partition coefficient (Wildman–Crippen LogP) is 5.17. The highest BCUT2D eigenvalue weighted by molar-refractivity contribution is 9.08. The van der Waals surface area contributed by atoms with Crippen LogP contribution in [0.15, 0.2) is 42.5 Å². The second-order valence-corrected chi connectivity index (χ2v) is 4.41. The molecule has 0 fully saturated rings. The van der Waals surface area contributed by atoms with Gasteiger partial charge in [0.15, 0.2) is 11.6 Å². The fourth-order valence-electron chi connectivity index (χ4n) is 1.39. The van der Waals surface area contributed by atoms with Gasteiger partial charge in [-0.1, -0.05) is 39.7 Å². The van der Waals surface area contributed by atoms with Gasteiger partial charge in [-0.2, -0.15) is 0 Å². The van der Waals surface area contributed by atoms with Gasteiger partial charge in [-0.15, -0.1) is 0 Å². The summed E-state index contributed by atoms with van der Waals surface area (Å²) in [7, 11) is 0. The van der Waals surface area contributed by atoms with E-state index < -0.39 is 0 Å². The Labute approximate surface area is 112 Å². The second-order valence-electron chi connectivity index (χ2n) is 3.42. The number of hydrogen-bond donors (Lipinski definition) is 0. The molecule has 1 nitrogen and oxygen atoms in total. The summed E-state index contributed by atoms with van der Waals surface area (Å²) in [6.07, 6.45) is 0. The highest BCUT2D eigenvalue weighted by atomic mass is 79.9. The standard InChI is InChI=1S/C13H9BrClFO/c14-8-9-2-1-3-12(16)13(9)17-11-6-4-10(15)5-7-11/h1-7H,8H2. The van der Waals surface area contributed by atoms with Gasteiger partial charge in [0.05, 0.1) is 0 Å². The third kappa shape index (κ3) is 2.99. The van der Waals surface area contributed by atoms with Gasteiger partial charge >= 0.3 is 0 Å². The Bertz CT molecular complexity index is 513. The SMILES string of the molecule is Fc1cccc(CBr)c1Oc1ccc(Cl)cc1. The quantitative estimate of drug-likeness (QED) is 0.710. The third-order valence-electron chi connectivity index (χ3n) is 2.23. The Morgan fingerprint density at radius 3 is 2.47 bits per heavy atom. The largest absolute Gasteiger partial charge is 0.454 e. The maximum atomic E-state index is 13.6. The van der Waals surface area contributed by atoms with Crippen LogP contribution in [-0.2, 0) is 5.33 Å². The molecule has 0 radical (unpaired) electrons. The number of halogens is 3. The first kappa shape index (κ1) is 12.4. The maximum Gasteiger partial charge on any atom is 0.167 e. The Kier molecular flexibility index (Phi) is 4.02. The van der Waals surface area contributed by atoms with E-state index in [1.165, 1.54) is 6.07 Å². The summed E-state index contributed by atoms with van der Waals surface area (Å²) in [5.41, 5.74) is 0.764. The van der Waals surface area contributed by atoms with Crippen molar-refractivity contribution >= 4 is 27.5 Å². The van der Waals surface area contributed by atoms with Crippen LogP contribution in [0.2, 0.25) is 5.02 Å². The van der Waals surface area contributed by atoms with Crippen LogP contribution < -0.4 is 4.74 Å². The van der Waals surface area contributed by atoms with E-state index in [0.29, 0.717) is 16.1 Å². The molecule has 0 N–H and O–H groups in total. The molecule has 0 unspecified atom stereocenters. The second kappa shape index (κ2) is 5.52. The summed E-state index contributed by atoms with van der Waals surface area (Å²) < 4.78 is 19.2. The van der Waals surface area contributed by atoms with E-state index in [2.05, 4.69) is 15.9 Å². The molecule has 0 aliphatic rings. The van der Waals surface area contributed by atoms with Crippen molar-refractivity contribution in [3.05, 3.63) is 58.9 Å². The number of alkyl halides is 1. The van der Waals surface area contributed by atoms with Gasteiger partial charge in [0.1, 0.15) is 5.75 Å². The predicted molar refractivity (Wildman–Crippen MR) is 70.6 cm³/mol. The van der Waals surface area contributed by atoms with Crippen LogP contribution in [0.3, 0.4) is 0 Å². The number of ether oxygens (including phenoxy) is 1. The zero-order chi connectivity index (χ0) is 12.3. The fraction of sp³-hybridized carbons (Fsp3) is 0.0769. The van der Waals surface area contributed by atoms with Crippen LogP contribution in [-0.4, -0.2) is 0 Å². The summed E-state index contributed by atoms with van der Waals surface area (Å²) >= 11 is 9.07. The Morgan fingerprint density at radius 2 is 1.82 bits per heavy atom. The van der Waals surface area contributed by atoms with Gasteiger partial charge in [-0.25, -0.2) is 4.39 Å². The smallest absolute Gasteiger partial charge is 0.167 e. The molecular weight excluding hydrogens is 306 g/mol. The molecule has 0 amide bonds. The lowest BCUT2D eigenvalue weighted by Gasteiger charge is -2.10. The highest BCUT2D eigenvalue weighted by Gasteiger charge is 2.09. The molecule has 0 saturated carbocycles. The van der Waals surface area contributed by atoms with Crippen molar-refractivity contribution in [1.82, 2.24) is 0 Å². The summed E-state index contributed by atoms with van der Waals surface area (Å²) in [5.74, 6) is 0.422. The molecular formula is C13H9BrClFO. The van der Waals surface area contributed by atoms with E-state index in [4.69, 9.17) is 16.3 Å². The van der Waals surface area contributed by atoms with Crippen LogP contribution in [0.5, 0.6) is 11.5 Å². The van der Waals surface area contributed by atoms with E-state index in [9.17, 15) is 4.39 Å². The van der Waals surface area contributed by atoms with Crippen molar-refractivity contribution in [2.24, 2.45) is 0 Å². The lowest BCUT2D eigenvalue weighted by Crippen LogP contribution is -1.93. The van der Waals surface area contributed by atoms with Crippen molar-refractivity contribution in [3.63, 3.8) is 0 Å². The minimum absolute atomic E-state index is 0.242. The van der Waals surface area contributed by atoms with Crippen molar-refractivity contribution in [2.45, 2.75) is 5.33 Å². The normalized spacial score (nSPS) is 10.3. The summed E-state index contributed by atoms with van der Waals surface area (Å²) in [4.78, 5) is 0. The van der Waals surface area contributed by atoms with E-state index in [1.54, 1.807) is 30.3 Å². The molecule has 0 heterocycles. The highest BCUT2D eigenvalue weighted by Crippen LogP contribution is 2.30. The molecule has 0 aromatic heterocycles. The number of rotatable bonds is 3. The van der Waals surface area contributed by atoms with Gasteiger partial charge in [0.2, 0.25) is 0 Å². The third-order valence-corrected chi connectivity index (χ3v) is 3.08. The van der Waals surface area contributed by atoms with Crippen molar-refractivity contribution in [1.29, 1.82) is 0 Å². The minimum atomic E-state index is -0.378. The molecule has 0 aliphatic carbocycles. The number of benzene rings is 2. The van der Waals surface area contributed by atoms with Gasteiger partial charge < -0.3 is 4.74 Å². The van der Waals surface area contributed by atoms with E-state index in [1.807, 2.05) is 6.07 Å². The van der Waals surface area contributed by atoms with Crippen LogP contribution in [0.25, 0.3) is 0 Å². The first-order chi connectivity index (χ1) is 8.20. The molecule has 2 aromatic carbocycles. The van der Waals surface area contributed by atoms with E-state index in [0.717, 1.165) is 5.56 Å². The topological polar surface area (TPSA) is 9.23 Å². The zero-order valence-electron chi connectivity index (χ0n) is 8.79. The molecule has 2 aromatic rings. The number of hydrogen-bond acceptors (Lipinski definition) is 1. The molecule has 0 bridgehead atoms. The molecule has 88 valence electrons. The Morgan fingerprint density at radius 1 is 1.12 bits per heavy atom.